The molecule has 0 saturated heterocycles. The molecule has 0 bridgehead atoms. The number of nitrogens with one attached hydrogen (secondary N) is 2. The maximum Gasteiger partial charge on any atom is 0.213 e. The summed E-state index contributed by atoms with van der Waals surface area (Å²) in [6.45, 7) is 4.06. The van der Waals surface area contributed by atoms with Gasteiger partial charge in [0, 0.05) is 24.8 Å². The lowest BCUT2D eigenvalue weighted by molar-refractivity contribution is 0.293. The molecule has 1 saturated carbocycles. The van der Waals surface area contributed by atoms with Crippen molar-refractivity contribution in [3.05, 3.63) is 59.8 Å². The van der Waals surface area contributed by atoms with Crippen LogP contribution in [0.25, 0.3) is 0 Å². The standard InChI is InChI=1S/C19H24N4O/c1-2-20-19(23-17-8-9-17)22-13-16-10-11-21-18(12-16)24-14-15-6-4-3-5-7-15/h3-7,10-12,17H,2,8-9,13-14H2,1H3,(H2,20,22,23). The minimum absolute atomic E-state index is 0.520. The zero-order chi connectivity index (χ0) is 16.6. The lowest BCUT2D eigenvalue weighted by atomic mass is 10.2. The van der Waals surface area contributed by atoms with Gasteiger partial charge in [0.05, 0.1) is 6.54 Å². The van der Waals surface area contributed by atoms with Gasteiger partial charge >= 0.3 is 0 Å². The average Bonchev–Trinajstić information content (AvgIpc) is 3.43. The summed E-state index contributed by atoms with van der Waals surface area (Å²) in [5.74, 6) is 1.51. The molecule has 3 rings (SSSR count). The second-order valence-electron chi connectivity index (χ2n) is 5.89. The Hall–Kier alpha value is -2.56. The van der Waals surface area contributed by atoms with Crippen molar-refractivity contribution in [1.29, 1.82) is 0 Å². The van der Waals surface area contributed by atoms with Gasteiger partial charge in [-0.2, -0.15) is 0 Å². The highest BCUT2D eigenvalue weighted by Crippen LogP contribution is 2.18. The van der Waals surface area contributed by atoms with Crippen molar-refractivity contribution < 1.29 is 4.74 Å². The number of rotatable bonds is 7. The van der Waals surface area contributed by atoms with Gasteiger partial charge in [-0.15, -0.1) is 0 Å². The second-order valence-corrected chi connectivity index (χ2v) is 5.89. The zero-order valence-electron chi connectivity index (χ0n) is 14.0. The van der Waals surface area contributed by atoms with Crippen LogP contribution in [0, 0.1) is 0 Å². The highest BCUT2D eigenvalue weighted by atomic mass is 16.5. The van der Waals surface area contributed by atoms with Gasteiger partial charge < -0.3 is 15.4 Å². The lowest BCUT2D eigenvalue weighted by Crippen LogP contribution is -2.38. The summed E-state index contributed by atoms with van der Waals surface area (Å²) >= 11 is 0. The Morgan fingerprint density at radius 2 is 2.04 bits per heavy atom. The third kappa shape index (κ3) is 5.26. The fourth-order valence-electron chi connectivity index (χ4n) is 2.27. The lowest BCUT2D eigenvalue weighted by Gasteiger charge is -2.10. The van der Waals surface area contributed by atoms with Gasteiger partial charge in [-0.25, -0.2) is 9.98 Å². The molecule has 0 aliphatic heterocycles. The van der Waals surface area contributed by atoms with E-state index in [2.05, 4.69) is 27.5 Å². The molecule has 2 aromatic rings. The molecule has 0 unspecified atom stereocenters. The molecular formula is C19H24N4O. The Morgan fingerprint density at radius 3 is 2.79 bits per heavy atom. The maximum atomic E-state index is 5.77. The number of pyridine rings is 1. The molecule has 0 radical (unpaired) electrons. The van der Waals surface area contributed by atoms with Crippen LogP contribution in [0.2, 0.25) is 0 Å². The van der Waals surface area contributed by atoms with Crippen LogP contribution >= 0.6 is 0 Å². The first-order valence-corrected chi connectivity index (χ1v) is 8.50. The van der Waals surface area contributed by atoms with Crippen LogP contribution in [0.3, 0.4) is 0 Å². The number of nitrogens with zero attached hydrogens (tertiary/aromatic N) is 2. The van der Waals surface area contributed by atoms with Crippen LogP contribution in [0.4, 0.5) is 0 Å². The highest BCUT2D eigenvalue weighted by molar-refractivity contribution is 5.80. The molecule has 0 spiro atoms. The molecule has 24 heavy (non-hydrogen) atoms. The smallest absolute Gasteiger partial charge is 0.213 e. The molecule has 126 valence electrons. The molecule has 1 aliphatic rings. The first kappa shape index (κ1) is 16.3. The van der Waals surface area contributed by atoms with Crippen molar-refractivity contribution in [2.45, 2.75) is 39.0 Å². The van der Waals surface area contributed by atoms with E-state index in [9.17, 15) is 0 Å². The summed E-state index contributed by atoms with van der Waals surface area (Å²) in [5, 5.41) is 6.69. The Kier molecular flexibility index (Phi) is 5.66. The second kappa shape index (κ2) is 8.34. The van der Waals surface area contributed by atoms with Crippen LogP contribution in [-0.2, 0) is 13.2 Å². The summed E-state index contributed by atoms with van der Waals surface area (Å²) in [7, 11) is 0. The summed E-state index contributed by atoms with van der Waals surface area (Å²) in [6.07, 6.45) is 4.24. The van der Waals surface area contributed by atoms with E-state index in [4.69, 9.17) is 4.74 Å². The topological polar surface area (TPSA) is 58.5 Å². The monoisotopic (exact) mass is 324 g/mol. The van der Waals surface area contributed by atoms with Crippen LogP contribution in [0.15, 0.2) is 53.7 Å². The number of benzene rings is 1. The van der Waals surface area contributed by atoms with Gasteiger partial charge in [-0.05, 0) is 37.0 Å². The Balaban J connectivity index is 1.57. The predicted octanol–water partition coefficient (Wildman–Crippen LogP) is 2.88. The van der Waals surface area contributed by atoms with E-state index in [-0.39, 0.29) is 0 Å². The minimum atomic E-state index is 0.520. The van der Waals surface area contributed by atoms with Gasteiger partial charge in [0.1, 0.15) is 6.61 Å². The van der Waals surface area contributed by atoms with Crippen molar-refractivity contribution in [2.24, 2.45) is 4.99 Å². The first-order valence-electron chi connectivity index (χ1n) is 8.50. The van der Waals surface area contributed by atoms with Crippen molar-refractivity contribution >= 4 is 5.96 Å². The van der Waals surface area contributed by atoms with Gasteiger partial charge in [0.15, 0.2) is 5.96 Å². The Morgan fingerprint density at radius 1 is 1.21 bits per heavy atom. The number of ether oxygens (including phenoxy) is 1. The summed E-state index contributed by atoms with van der Waals surface area (Å²) < 4.78 is 5.77. The van der Waals surface area contributed by atoms with Crippen LogP contribution < -0.4 is 15.4 Å². The average molecular weight is 324 g/mol. The third-order valence-electron chi connectivity index (χ3n) is 3.71. The Labute approximate surface area is 143 Å². The number of guanidine groups is 1. The summed E-state index contributed by atoms with van der Waals surface area (Å²) in [4.78, 5) is 8.91. The van der Waals surface area contributed by atoms with Gasteiger partial charge in [-0.3, -0.25) is 0 Å². The number of aromatic nitrogens is 1. The summed E-state index contributed by atoms with van der Waals surface area (Å²) in [5.41, 5.74) is 2.21. The zero-order valence-corrected chi connectivity index (χ0v) is 14.0. The van der Waals surface area contributed by atoms with Crippen LogP contribution in [-0.4, -0.2) is 23.5 Å². The van der Waals surface area contributed by atoms with Gasteiger partial charge in [-0.1, -0.05) is 30.3 Å². The molecule has 0 atom stereocenters. The van der Waals surface area contributed by atoms with Crippen molar-refractivity contribution in [1.82, 2.24) is 15.6 Å². The number of hydrogen-bond donors (Lipinski definition) is 2. The quantitative estimate of drug-likeness (QED) is 0.607. The Bertz CT molecular complexity index is 668. The predicted molar refractivity (Wildman–Crippen MR) is 96.0 cm³/mol. The first-order chi connectivity index (χ1) is 11.8. The molecule has 1 aromatic carbocycles. The van der Waals surface area contributed by atoms with Crippen molar-refractivity contribution in [3.63, 3.8) is 0 Å². The van der Waals surface area contributed by atoms with Gasteiger partial charge in [0.25, 0.3) is 0 Å². The third-order valence-corrected chi connectivity index (χ3v) is 3.71. The summed E-state index contributed by atoms with van der Waals surface area (Å²) in [6, 6.07) is 14.6. The molecule has 1 aromatic heterocycles. The van der Waals surface area contributed by atoms with Crippen molar-refractivity contribution in [2.75, 3.05) is 6.54 Å². The largest absolute Gasteiger partial charge is 0.473 e. The normalized spacial score (nSPS) is 14.3. The van der Waals surface area contributed by atoms with Gasteiger partial charge in [0.2, 0.25) is 5.88 Å². The molecule has 1 aliphatic carbocycles. The van der Waals surface area contributed by atoms with E-state index in [1.54, 1.807) is 6.20 Å². The number of aliphatic imine (C=N–C) groups is 1. The van der Waals surface area contributed by atoms with E-state index in [0.717, 1.165) is 23.6 Å². The highest BCUT2D eigenvalue weighted by Gasteiger charge is 2.21. The molecule has 2 N–H and O–H groups in total. The SMILES string of the molecule is CCNC(=NCc1ccnc(OCc2ccccc2)c1)NC1CC1. The van der Waals surface area contributed by atoms with E-state index in [0.29, 0.717) is 25.1 Å². The number of hydrogen-bond acceptors (Lipinski definition) is 3. The van der Waals surface area contributed by atoms with Crippen LogP contribution in [0.1, 0.15) is 30.9 Å². The molecular weight excluding hydrogens is 300 g/mol. The van der Waals surface area contributed by atoms with E-state index >= 15 is 0 Å². The molecule has 5 heteroatoms. The molecule has 0 amide bonds. The fourth-order valence-corrected chi connectivity index (χ4v) is 2.27. The molecule has 1 heterocycles. The fraction of sp³-hybridized carbons (Fsp3) is 0.368. The minimum Gasteiger partial charge on any atom is -0.473 e. The van der Waals surface area contributed by atoms with E-state index < -0.39 is 0 Å². The van der Waals surface area contributed by atoms with Crippen LogP contribution in [0.5, 0.6) is 5.88 Å². The molecule has 1 fully saturated rings. The van der Waals surface area contributed by atoms with E-state index in [1.807, 2.05) is 42.5 Å². The molecule has 5 nitrogen and oxygen atoms in total. The maximum absolute atomic E-state index is 5.77. The van der Waals surface area contributed by atoms with Crippen molar-refractivity contribution in [3.8, 4) is 5.88 Å². The van der Waals surface area contributed by atoms with E-state index in [1.165, 1.54) is 12.8 Å².